The molecule has 3 aliphatic rings. The van der Waals surface area contributed by atoms with E-state index in [0.717, 1.165) is 0 Å². The predicted octanol–water partition coefficient (Wildman–Crippen LogP) is 4.16. The average Bonchev–Trinajstić information content (AvgIpc) is 3.23. The minimum absolute atomic E-state index is 0.0214. The van der Waals surface area contributed by atoms with Crippen molar-refractivity contribution >= 4 is 34.9 Å². The fourth-order valence-corrected chi connectivity index (χ4v) is 9.06. The molecule has 3 aliphatic heterocycles. The lowest BCUT2D eigenvalue weighted by atomic mass is 9.73. The highest BCUT2D eigenvalue weighted by atomic mass is 16.7. The minimum Gasteiger partial charge on any atom is -0.459 e. The van der Waals surface area contributed by atoms with Gasteiger partial charge < -0.3 is 49.4 Å². The molecule has 0 unspecified atom stereocenters. The van der Waals surface area contributed by atoms with Crippen molar-refractivity contribution in [3.63, 3.8) is 0 Å². The summed E-state index contributed by atoms with van der Waals surface area (Å²) in [5.41, 5.74) is 5.22. The van der Waals surface area contributed by atoms with E-state index in [0.29, 0.717) is 34.9 Å². The van der Waals surface area contributed by atoms with Gasteiger partial charge in [0.2, 0.25) is 5.91 Å². The molecular weight excluding hydrogens is 801 g/mol. The molecule has 0 saturated carbocycles. The lowest BCUT2D eigenvalue weighted by Gasteiger charge is -2.47. The summed E-state index contributed by atoms with van der Waals surface area (Å²) in [5.74, 6) is -5.01. The Morgan fingerprint density at radius 3 is 2.40 bits per heavy atom. The zero-order valence-electron chi connectivity index (χ0n) is 37.9. The standard InChI is InChI=1S/C45H66N6O11/c1-12-35-45(9,56)41-26(4)37(48-29(7)52)24(2)19-44(8,40(27(5)38(53)28(6)42(55)61-35)62-43-39(54)34(51(10)11)18-25(3)60-43)58-23-31(22-57-41)50-59-21-30-16-17-32(47-20-30)33-14-13-15-36(46)49-33/h13-17,20,24-28,34-35,39-41,43,54,56H,12,18-19,21-23H2,1-11H3,(H2,46,49)/b48-37+,50-31+/t24-,25-,26+,27+,28-,34+,35-,39-,40-,41-,43+,44-,45-/m1/s1. The van der Waals surface area contributed by atoms with E-state index in [4.69, 9.17) is 34.3 Å². The molecule has 3 fully saturated rings. The SMILES string of the molecule is CC[C@H]1OC(=O)[C@H](C)C(=O)[C@H](C)[C@@H](O[C@@H]2O[C@H](C)C[C@H](N(C)C)[C@H]2O)[C@@]2(C)C[C@@H](C)/C(=N\C(C)=O)[C@H](C)[C@@H](OC/C(=N\OCc3ccc(-c4cccc(N)n4)nc3)CO2)[C@]1(C)O. The summed E-state index contributed by atoms with van der Waals surface area (Å²) >= 11 is 0. The number of esters is 1. The van der Waals surface area contributed by atoms with Crippen LogP contribution in [0.5, 0.6) is 0 Å². The van der Waals surface area contributed by atoms with Crippen LogP contribution >= 0.6 is 0 Å². The van der Waals surface area contributed by atoms with Gasteiger partial charge in [-0.3, -0.25) is 19.4 Å². The molecule has 0 aromatic carbocycles. The smallest absolute Gasteiger partial charge is 0.316 e. The first kappa shape index (κ1) is 48.8. The molecule has 17 nitrogen and oxygen atoms in total. The van der Waals surface area contributed by atoms with Gasteiger partial charge in [-0.05, 0) is 85.2 Å². The number of fused-ring (bicyclic) bond motifs is 5. The van der Waals surface area contributed by atoms with Gasteiger partial charge in [0.25, 0.3) is 0 Å². The van der Waals surface area contributed by atoms with Gasteiger partial charge in [-0.2, -0.15) is 0 Å². The zero-order valence-corrected chi connectivity index (χ0v) is 37.9. The number of nitrogen functional groups attached to an aromatic ring is 1. The quantitative estimate of drug-likeness (QED) is 0.192. The number of anilines is 1. The number of aliphatic hydroxyl groups excluding tert-OH is 1. The maximum Gasteiger partial charge on any atom is 0.316 e. The molecule has 17 heteroatoms. The molecule has 5 rings (SSSR count). The number of aliphatic imine (C=N–C) groups is 1. The maximum absolute atomic E-state index is 14.5. The Balaban J connectivity index is 1.62. The molecule has 0 aliphatic carbocycles. The normalized spacial score (nSPS) is 36.7. The number of oxime groups is 1. The van der Waals surface area contributed by atoms with Gasteiger partial charge in [0.05, 0.1) is 48.5 Å². The van der Waals surface area contributed by atoms with Gasteiger partial charge in [0.15, 0.2) is 12.1 Å². The Morgan fingerprint density at radius 2 is 1.77 bits per heavy atom. The maximum atomic E-state index is 14.5. The summed E-state index contributed by atoms with van der Waals surface area (Å²) < 4.78 is 32.5. The van der Waals surface area contributed by atoms with Crippen molar-refractivity contribution in [2.45, 2.75) is 142 Å². The van der Waals surface area contributed by atoms with E-state index >= 15 is 0 Å². The number of nitrogens with two attached hydrogens (primary N) is 1. The van der Waals surface area contributed by atoms with E-state index in [2.05, 4.69) is 20.1 Å². The number of nitrogens with zero attached hydrogens (tertiary/aromatic N) is 5. The number of ketones is 1. The van der Waals surface area contributed by atoms with Crippen LogP contribution in [-0.4, -0.2) is 136 Å². The summed E-state index contributed by atoms with van der Waals surface area (Å²) in [4.78, 5) is 62.4. The Labute approximate surface area is 364 Å². The van der Waals surface area contributed by atoms with Crippen LogP contribution in [0.4, 0.5) is 5.82 Å². The largest absolute Gasteiger partial charge is 0.459 e. The van der Waals surface area contributed by atoms with Crippen molar-refractivity contribution < 1.29 is 53.1 Å². The second-order valence-corrected chi connectivity index (χ2v) is 17.8. The van der Waals surface area contributed by atoms with E-state index in [1.807, 2.05) is 45.0 Å². The second-order valence-electron chi connectivity index (χ2n) is 17.8. The molecule has 2 bridgehead atoms. The molecule has 0 radical (unpaired) electrons. The zero-order chi connectivity index (χ0) is 45.7. The molecule has 62 heavy (non-hydrogen) atoms. The van der Waals surface area contributed by atoms with Crippen LogP contribution in [0, 0.1) is 23.7 Å². The molecule has 2 aromatic heterocycles. The molecule has 1 amide bonds. The topological polar surface area (TPSA) is 227 Å². The van der Waals surface area contributed by atoms with E-state index in [-0.39, 0.29) is 50.5 Å². The summed E-state index contributed by atoms with van der Waals surface area (Å²) in [6, 6.07) is 8.61. The van der Waals surface area contributed by atoms with E-state index in [9.17, 15) is 24.6 Å². The van der Waals surface area contributed by atoms with Crippen molar-refractivity contribution in [3.8, 4) is 11.4 Å². The van der Waals surface area contributed by atoms with E-state index in [1.54, 1.807) is 52.1 Å². The number of likely N-dealkylation sites (N-methyl/N-ethyl adjacent to an activating group) is 1. The number of aromatic nitrogens is 2. The van der Waals surface area contributed by atoms with Gasteiger partial charge in [-0.15, -0.1) is 0 Å². The van der Waals surface area contributed by atoms with Crippen molar-refractivity contribution in [1.82, 2.24) is 14.9 Å². The Morgan fingerprint density at radius 1 is 1.05 bits per heavy atom. The molecule has 13 atom stereocenters. The number of aliphatic hydroxyl groups is 2. The third kappa shape index (κ3) is 11.3. The van der Waals surface area contributed by atoms with Crippen molar-refractivity contribution in [1.29, 1.82) is 0 Å². The average molecular weight is 867 g/mol. The lowest BCUT2D eigenvalue weighted by Crippen LogP contribution is -2.60. The molecule has 2 aromatic rings. The van der Waals surface area contributed by atoms with Crippen LogP contribution in [0.3, 0.4) is 0 Å². The Hall–Kier alpha value is -4.23. The molecule has 4 N–H and O–H groups in total. The first-order valence-electron chi connectivity index (χ1n) is 21.5. The predicted molar refractivity (Wildman–Crippen MR) is 231 cm³/mol. The highest BCUT2D eigenvalue weighted by Crippen LogP contribution is 2.40. The van der Waals surface area contributed by atoms with Gasteiger partial charge >= 0.3 is 5.97 Å². The molecule has 0 spiro atoms. The summed E-state index contributed by atoms with van der Waals surface area (Å²) in [6.07, 6.45) is -3.57. The third-order valence-corrected chi connectivity index (χ3v) is 12.4. The third-order valence-electron chi connectivity index (χ3n) is 12.4. The van der Waals surface area contributed by atoms with Gasteiger partial charge in [-0.1, -0.05) is 45.0 Å². The van der Waals surface area contributed by atoms with Gasteiger partial charge in [0, 0.05) is 42.3 Å². The number of cyclic esters (lactones) is 1. The number of Topliss-reactive ketones (excluding diaryl/α,β-unsaturated/α-hetero) is 1. The van der Waals surface area contributed by atoms with E-state index < -0.39 is 83.2 Å². The highest BCUT2D eigenvalue weighted by molar-refractivity contribution is 6.00. The number of pyridine rings is 2. The first-order valence-corrected chi connectivity index (χ1v) is 21.5. The number of amides is 1. The summed E-state index contributed by atoms with van der Waals surface area (Å²) in [6.45, 7) is 14.7. The first-order chi connectivity index (χ1) is 29.2. The molecule has 5 heterocycles. The fraction of sp³-hybridized carbons (Fsp3) is 0.667. The van der Waals surface area contributed by atoms with Crippen molar-refractivity contribution in [2.24, 2.45) is 33.8 Å². The monoisotopic (exact) mass is 866 g/mol. The fourth-order valence-electron chi connectivity index (χ4n) is 9.06. The number of hydrogen-bond acceptors (Lipinski definition) is 16. The van der Waals surface area contributed by atoms with Crippen LogP contribution in [0.2, 0.25) is 0 Å². The molecular formula is C45H66N6O11. The van der Waals surface area contributed by atoms with Crippen molar-refractivity contribution in [3.05, 3.63) is 42.1 Å². The van der Waals surface area contributed by atoms with Crippen LogP contribution in [0.15, 0.2) is 46.7 Å². The summed E-state index contributed by atoms with van der Waals surface area (Å²) in [7, 11) is 3.72. The van der Waals surface area contributed by atoms with Gasteiger partial charge in [-0.25, -0.2) is 9.98 Å². The number of hydrogen-bond donors (Lipinski definition) is 3. The Kier molecular flexibility index (Phi) is 16.1. The number of ether oxygens (including phenoxy) is 5. The minimum atomic E-state index is -1.87. The van der Waals surface area contributed by atoms with Crippen molar-refractivity contribution in [2.75, 3.05) is 33.0 Å². The highest BCUT2D eigenvalue weighted by Gasteiger charge is 2.53. The number of carbonyl (C=O) groups is 3. The van der Waals surface area contributed by atoms with Crippen LogP contribution in [0.1, 0.15) is 87.1 Å². The number of carbonyl (C=O) groups excluding carboxylic acids is 3. The summed E-state index contributed by atoms with van der Waals surface area (Å²) in [5, 5.41) is 28.6. The van der Waals surface area contributed by atoms with E-state index in [1.165, 1.54) is 20.8 Å². The second kappa shape index (κ2) is 20.5. The van der Waals surface area contributed by atoms with Crippen LogP contribution in [0.25, 0.3) is 11.4 Å². The molecule has 3 saturated heterocycles. The Bertz CT molecular complexity index is 1940. The van der Waals surface area contributed by atoms with Crippen LogP contribution in [-0.2, 0) is 49.5 Å². The number of rotatable bonds is 8. The molecule has 342 valence electrons. The lowest BCUT2D eigenvalue weighted by molar-refractivity contribution is -0.296. The van der Waals surface area contributed by atoms with Gasteiger partial charge in [0.1, 0.15) is 41.9 Å². The van der Waals surface area contributed by atoms with Crippen LogP contribution < -0.4 is 5.73 Å².